The summed E-state index contributed by atoms with van der Waals surface area (Å²) in [4.78, 5) is 16.2. The second-order valence-corrected chi connectivity index (χ2v) is 4.77. The maximum absolute atomic E-state index is 11.9. The number of nitrogens with one attached hydrogen (secondary N) is 1. The second kappa shape index (κ2) is 5.87. The van der Waals surface area contributed by atoms with Crippen LogP contribution < -0.4 is 5.32 Å². The van der Waals surface area contributed by atoms with Crippen molar-refractivity contribution in [2.75, 3.05) is 0 Å². The van der Waals surface area contributed by atoms with Crippen LogP contribution in [0.15, 0.2) is 22.6 Å². The van der Waals surface area contributed by atoms with Crippen LogP contribution in [0.25, 0.3) is 11.1 Å². The molecular weight excluding hydrogens is 240 g/mol. The van der Waals surface area contributed by atoms with Gasteiger partial charge >= 0.3 is 0 Å². The molecule has 102 valence electrons. The summed E-state index contributed by atoms with van der Waals surface area (Å²) in [6.07, 6.45) is 1.76. The van der Waals surface area contributed by atoms with Gasteiger partial charge < -0.3 is 9.73 Å². The van der Waals surface area contributed by atoms with E-state index in [1.165, 1.54) is 0 Å². The molecular formula is C15H20N2O2. The van der Waals surface area contributed by atoms with Gasteiger partial charge in [-0.25, -0.2) is 4.98 Å². The Morgan fingerprint density at radius 3 is 2.79 bits per heavy atom. The topological polar surface area (TPSA) is 55.1 Å². The molecule has 0 saturated heterocycles. The van der Waals surface area contributed by atoms with Crippen LogP contribution in [0.5, 0.6) is 0 Å². The minimum absolute atomic E-state index is 0.109. The van der Waals surface area contributed by atoms with E-state index in [9.17, 15) is 4.79 Å². The molecule has 19 heavy (non-hydrogen) atoms. The molecule has 1 amide bonds. The maximum atomic E-state index is 11.9. The summed E-state index contributed by atoms with van der Waals surface area (Å²) >= 11 is 0. The normalized spacial score (nSPS) is 11.2. The van der Waals surface area contributed by atoms with Crippen molar-refractivity contribution in [2.24, 2.45) is 5.92 Å². The third-order valence-electron chi connectivity index (χ3n) is 3.38. The van der Waals surface area contributed by atoms with E-state index < -0.39 is 0 Å². The third-order valence-corrected chi connectivity index (χ3v) is 3.38. The van der Waals surface area contributed by atoms with Crippen molar-refractivity contribution in [2.45, 2.75) is 40.2 Å². The van der Waals surface area contributed by atoms with E-state index >= 15 is 0 Å². The molecule has 1 aromatic carbocycles. The number of fused-ring (bicyclic) bond motifs is 1. The molecule has 0 bridgehead atoms. The highest BCUT2D eigenvalue weighted by atomic mass is 16.3. The molecule has 0 aliphatic rings. The van der Waals surface area contributed by atoms with Crippen molar-refractivity contribution in [3.63, 3.8) is 0 Å². The van der Waals surface area contributed by atoms with Gasteiger partial charge in [0, 0.05) is 19.4 Å². The molecule has 4 heteroatoms. The Bertz CT molecular complexity index is 571. The summed E-state index contributed by atoms with van der Waals surface area (Å²) < 4.78 is 5.42. The molecule has 0 radical (unpaired) electrons. The molecule has 1 N–H and O–H groups in total. The van der Waals surface area contributed by atoms with E-state index in [1.807, 2.05) is 39.0 Å². The van der Waals surface area contributed by atoms with Crippen LogP contribution in [0, 0.1) is 12.8 Å². The van der Waals surface area contributed by atoms with Crippen LogP contribution in [-0.4, -0.2) is 10.9 Å². The molecule has 1 heterocycles. The summed E-state index contributed by atoms with van der Waals surface area (Å²) in [7, 11) is 0. The van der Waals surface area contributed by atoms with Crippen molar-refractivity contribution in [3.05, 3.63) is 29.7 Å². The number of benzene rings is 1. The standard InChI is InChI=1S/C15H20N2O2/c1-4-12(5-2)15(18)16-9-11-6-7-14-13(8-11)17-10(3)19-14/h6-8,12H,4-5,9H2,1-3H3,(H,16,18). The fraction of sp³-hybridized carbons (Fsp3) is 0.467. The molecule has 2 rings (SSSR count). The molecule has 0 saturated carbocycles. The lowest BCUT2D eigenvalue weighted by Gasteiger charge is -2.12. The summed E-state index contributed by atoms with van der Waals surface area (Å²) in [6.45, 7) is 6.45. The van der Waals surface area contributed by atoms with Crippen LogP contribution in [0.4, 0.5) is 0 Å². The van der Waals surface area contributed by atoms with Gasteiger partial charge in [0.2, 0.25) is 5.91 Å². The fourth-order valence-electron chi connectivity index (χ4n) is 2.19. The Labute approximate surface area is 113 Å². The van der Waals surface area contributed by atoms with Gasteiger partial charge in [-0.1, -0.05) is 19.9 Å². The number of oxazole rings is 1. The van der Waals surface area contributed by atoms with E-state index in [0.29, 0.717) is 12.4 Å². The Morgan fingerprint density at radius 1 is 1.37 bits per heavy atom. The predicted octanol–water partition coefficient (Wildman–Crippen LogP) is 3.19. The van der Waals surface area contributed by atoms with Crippen molar-refractivity contribution in [1.82, 2.24) is 10.3 Å². The number of aromatic nitrogens is 1. The van der Waals surface area contributed by atoms with Crippen LogP contribution in [0.1, 0.15) is 38.1 Å². The van der Waals surface area contributed by atoms with Crippen molar-refractivity contribution in [1.29, 1.82) is 0 Å². The van der Waals surface area contributed by atoms with Crippen molar-refractivity contribution < 1.29 is 9.21 Å². The number of carbonyl (C=O) groups excluding carboxylic acids is 1. The van der Waals surface area contributed by atoms with E-state index in [1.54, 1.807) is 0 Å². The smallest absolute Gasteiger partial charge is 0.223 e. The van der Waals surface area contributed by atoms with Gasteiger partial charge in [-0.05, 0) is 30.5 Å². The SMILES string of the molecule is CCC(CC)C(=O)NCc1ccc2oc(C)nc2c1. The highest BCUT2D eigenvalue weighted by molar-refractivity contribution is 5.79. The van der Waals surface area contributed by atoms with E-state index in [4.69, 9.17) is 4.42 Å². The molecule has 0 aliphatic carbocycles. The highest BCUT2D eigenvalue weighted by Crippen LogP contribution is 2.17. The number of hydrogen-bond acceptors (Lipinski definition) is 3. The Kier molecular flexibility index (Phi) is 4.20. The van der Waals surface area contributed by atoms with Crippen molar-refractivity contribution >= 4 is 17.0 Å². The molecule has 0 aliphatic heterocycles. The molecule has 0 fully saturated rings. The van der Waals surface area contributed by atoms with Crippen molar-refractivity contribution in [3.8, 4) is 0 Å². The quantitative estimate of drug-likeness (QED) is 0.898. The minimum atomic E-state index is 0.109. The van der Waals surface area contributed by atoms with E-state index in [2.05, 4.69) is 10.3 Å². The first-order chi connectivity index (χ1) is 9.13. The fourth-order valence-corrected chi connectivity index (χ4v) is 2.19. The summed E-state index contributed by atoms with van der Waals surface area (Å²) in [5.74, 6) is 0.896. The monoisotopic (exact) mass is 260 g/mol. The van der Waals surface area contributed by atoms with Gasteiger partial charge in [-0.2, -0.15) is 0 Å². The number of aryl methyl sites for hydroxylation is 1. The molecule has 1 aromatic heterocycles. The van der Waals surface area contributed by atoms with Crippen LogP contribution in [0.2, 0.25) is 0 Å². The van der Waals surface area contributed by atoms with E-state index in [-0.39, 0.29) is 11.8 Å². The van der Waals surface area contributed by atoms with Gasteiger partial charge in [-0.3, -0.25) is 4.79 Å². The third kappa shape index (κ3) is 3.13. The maximum Gasteiger partial charge on any atom is 0.223 e. The molecule has 0 unspecified atom stereocenters. The van der Waals surface area contributed by atoms with Crippen LogP contribution >= 0.6 is 0 Å². The Morgan fingerprint density at radius 2 is 2.11 bits per heavy atom. The first-order valence-corrected chi connectivity index (χ1v) is 6.77. The number of rotatable bonds is 5. The van der Waals surface area contributed by atoms with Gasteiger partial charge in [0.05, 0.1) is 0 Å². The van der Waals surface area contributed by atoms with Crippen LogP contribution in [-0.2, 0) is 11.3 Å². The lowest BCUT2D eigenvalue weighted by Crippen LogP contribution is -2.29. The lowest BCUT2D eigenvalue weighted by atomic mass is 10.0. The number of amides is 1. The lowest BCUT2D eigenvalue weighted by molar-refractivity contribution is -0.125. The summed E-state index contributed by atoms with van der Waals surface area (Å²) in [5.41, 5.74) is 2.67. The van der Waals surface area contributed by atoms with Crippen LogP contribution in [0.3, 0.4) is 0 Å². The highest BCUT2D eigenvalue weighted by Gasteiger charge is 2.13. The zero-order valence-electron chi connectivity index (χ0n) is 11.7. The largest absolute Gasteiger partial charge is 0.441 e. The van der Waals surface area contributed by atoms with E-state index in [0.717, 1.165) is 29.5 Å². The average molecular weight is 260 g/mol. The number of carbonyl (C=O) groups is 1. The Hall–Kier alpha value is -1.84. The average Bonchev–Trinajstić information content (AvgIpc) is 2.77. The molecule has 0 spiro atoms. The number of nitrogens with zero attached hydrogens (tertiary/aromatic N) is 1. The second-order valence-electron chi connectivity index (χ2n) is 4.77. The predicted molar refractivity (Wildman–Crippen MR) is 74.7 cm³/mol. The molecule has 0 atom stereocenters. The first-order valence-electron chi connectivity index (χ1n) is 6.77. The van der Waals surface area contributed by atoms with Gasteiger partial charge in [0.1, 0.15) is 5.52 Å². The zero-order valence-corrected chi connectivity index (χ0v) is 11.7. The van der Waals surface area contributed by atoms with Gasteiger partial charge in [0.25, 0.3) is 0 Å². The summed E-state index contributed by atoms with van der Waals surface area (Å²) in [5, 5.41) is 2.98. The first kappa shape index (κ1) is 13.6. The summed E-state index contributed by atoms with van der Waals surface area (Å²) in [6, 6.07) is 5.81. The molecule has 4 nitrogen and oxygen atoms in total. The van der Waals surface area contributed by atoms with Gasteiger partial charge in [-0.15, -0.1) is 0 Å². The number of hydrogen-bond donors (Lipinski definition) is 1. The zero-order chi connectivity index (χ0) is 13.8. The Balaban J connectivity index is 2.03. The minimum Gasteiger partial charge on any atom is -0.441 e. The van der Waals surface area contributed by atoms with Gasteiger partial charge in [0.15, 0.2) is 11.5 Å². The molecule has 2 aromatic rings.